The monoisotopic (exact) mass is 457 g/mol. The molecule has 3 aromatic rings. The number of benzene rings is 3. The first-order chi connectivity index (χ1) is 16.5. The summed E-state index contributed by atoms with van der Waals surface area (Å²) in [4.78, 5) is 42.6. The SMILES string of the molecule is COc1ccc(CNC(=O)CN2C(=O)c3ccccc3N3C(=O)c4ccccc4[C@@H]23)cc1OC. The molecule has 0 radical (unpaired) electrons. The summed E-state index contributed by atoms with van der Waals surface area (Å²) in [6, 6.07) is 19.6. The smallest absolute Gasteiger partial charge is 0.260 e. The highest BCUT2D eigenvalue weighted by molar-refractivity contribution is 6.17. The van der Waals surface area contributed by atoms with E-state index in [2.05, 4.69) is 5.32 Å². The van der Waals surface area contributed by atoms with E-state index in [1.807, 2.05) is 18.2 Å². The van der Waals surface area contributed by atoms with Crippen LogP contribution >= 0.6 is 0 Å². The third-order valence-corrected chi connectivity index (χ3v) is 6.13. The fraction of sp³-hybridized carbons (Fsp3) is 0.192. The number of para-hydroxylation sites is 1. The van der Waals surface area contributed by atoms with Crippen molar-refractivity contribution in [1.29, 1.82) is 0 Å². The van der Waals surface area contributed by atoms with E-state index in [4.69, 9.17) is 9.47 Å². The zero-order valence-corrected chi connectivity index (χ0v) is 18.8. The fourth-order valence-electron chi connectivity index (χ4n) is 4.54. The molecule has 8 heteroatoms. The van der Waals surface area contributed by atoms with Crippen LogP contribution in [-0.4, -0.2) is 43.4 Å². The van der Waals surface area contributed by atoms with Crippen molar-refractivity contribution in [3.63, 3.8) is 0 Å². The average Bonchev–Trinajstić information content (AvgIpc) is 3.17. The number of methoxy groups -OCH3 is 2. The Morgan fingerprint density at radius 1 is 0.882 bits per heavy atom. The van der Waals surface area contributed by atoms with Crippen molar-refractivity contribution < 1.29 is 23.9 Å². The number of rotatable bonds is 6. The van der Waals surface area contributed by atoms with Crippen LogP contribution in [0.1, 0.15) is 38.0 Å². The highest BCUT2D eigenvalue weighted by atomic mass is 16.5. The number of carbonyl (C=O) groups excluding carboxylic acids is 3. The van der Waals surface area contributed by atoms with Crippen LogP contribution in [0.15, 0.2) is 66.7 Å². The Balaban J connectivity index is 1.40. The number of hydrogen-bond donors (Lipinski definition) is 1. The van der Waals surface area contributed by atoms with Gasteiger partial charge in [0.05, 0.1) is 25.5 Å². The number of anilines is 1. The normalized spacial score (nSPS) is 16.0. The molecule has 1 atom stereocenters. The first-order valence-electron chi connectivity index (χ1n) is 10.8. The van der Waals surface area contributed by atoms with Gasteiger partial charge in [-0.05, 0) is 35.9 Å². The van der Waals surface area contributed by atoms with Gasteiger partial charge in [0.25, 0.3) is 11.8 Å². The summed E-state index contributed by atoms with van der Waals surface area (Å²) < 4.78 is 10.6. The summed E-state index contributed by atoms with van der Waals surface area (Å²) in [5, 5.41) is 2.86. The third kappa shape index (κ3) is 3.44. The summed E-state index contributed by atoms with van der Waals surface area (Å²) in [6.07, 6.45) is -0.669. The van der Waals surface area contributed by atoms with Gasteiger partial charge in [-0.1, -0.05) is 36.4 Å². The lowest BCUT2D eigenvalue weighted by Crippen LogP contribution is -2.51. The van der Waals surface area contributed by atoms with Crippen LogP contribution < -0.4 is 19.7 Å². The summed E-state index contributed by atoms with van der Waals surface area (Å²) in [5.41, 5.74) is 3.02. The van der Waals surface area contributed by atoms with Gasteiger partial charge < -0.3 is 19.7 Å². The minimum atomic E-state index is -0.669. The Hall–Kier alpha value is -4.33. The second-order valence-corrected chi connectivity index (χ2v) is 8.05. The molecule has 2 aliphatic heterocycles. The average molecular weight is 457 g/mol. The Morgan fingerprint density at radius 3 is 2.35 bits per heavy atom. The molecular weight excluding hydrogens is 434 g/mol. The van der Waals surface area contributed by atoms with Crippen LogP contribution in [0, 0.1) is 0 Å². The molecule has 8 nitrogen and oxygen atoms in total. The van der Waals surface area contributed by atoms with Gasteiger partial charge in [0, 0.05) is 17.7 Å². The fourth-order valence-corrected chi connectivity index (χ4v) is 4.54. The number of nitrogens with zero attached hydrogens (tertiary/aromatic N) is 2. The van der Waals surface area contributed by atoms with Crippen molar-refractivity contribution >= 4 is 23.4 Å². The Morgan fingerprint density at radius 2 is 1.59 bits per heavy atom. The molecule has 2 aliphatic rings. The quantitative estimate of drug-likeness (QED) is 0.615. The highest BCUT2D eigenvalue weighted by Crippen LogP contribution is 2.44. The van der Waals surface area contributed by atoms with Gasteiger partial charge in [-0.2, -0.15) is 0 Å². The Labute approximate surface area is 196 Å². The minimum Gasteiger partial charge on any atom is -0.493 e. The number of carbonyl (C=O) groups is 3. The third-order valence-electron chi connectivity index (χ3n) is 6.13. The summed E-state index contributed by atoms with van der Waals surface area (Å²) in [6.45, 7) is 0.0605. The van der Waals surface area contributed by atoms with Gasteiger partial charge in [-0.15, -0.1) is 0 Å². The topological polar surface area (TPSA) is 88.2 Å². The van der Waals surface area contributed by atoms with E-state index in [0.717, 1.165) is 5.56 Å². The molecule has 3 amide bonds. The predicted molar refractivity (Wildman–Crippen MR) is 125 cm³/mol. The molecule has 0 spiro atoms. The lowest BCUT2D eigenvalue weighted by molar-refractivity contribution is -0.122. The lowest BCUT2D eigenvalue weighted by Gasteiger charge is -2.40. The molecule has 2 heterocycles. The van der Waals surface area contributed by atoms with E-state index in [1.54, 1.807) is 67.7 Å². The first-order valence-corrected chi connectivity index (χ1v) is 10.8. The van der Waals surface area contributed by atoms with Gasteiger partial charge in [0.2, 0.25) is 5.91 Å². The van der Waals surface area contributed by atoms with E-state index in [0.29, 0.717) is 33.9 Å². The van der Waals surface area contributed by atoms with E-state index in [9.17, 15) is 14.4 Å². The lowest BCUT2D eigenvalue weighted by atomic mass is 10.0. The van der Waals surface area contributed by atoms with Crippen molar-refractivity contribution in [2.75, 3.05) is 25.7 Å². The van der Waals surface area contributed by atoms with Crippen LogP contribution in [0.3, 0.4) is 0 Å². The van der Waals surface area contributed by atoms with Gasteiger partial charge in [0.15, 0.2) is 11.5 Å². The van der Waals surface area contributed by atoms with Crippen LogP contribution in [0.4, 0.5) is 5.69 Å². The van der Waals surface area contributed by atoms with Crippen molar-refractivity contribution in [3.8, 4) is 11.5 Å². The van der Waals surface area contributed by atoms with Gasteiger partial charge in [0.1, 0.15) is 12.7 Å². The Bertz CT molecular complexity index is 1310. The molecule has 0 aromatic heterocycles. The minimum absolute atomic E-state index is 0.184. The standard InChI is InChI=1S/C26H23N3O5/c1-33-21-12-11-16(13-22(21)34-2)14-27-23(30)15-28-24-17-7-3-4-8-18(17)26(32)29(24)20-10-6-5-9-19(20)25(28)31/h3-13,24H,14-15H2,1-2H3,(H,27,30)/t24-/m0/s1. The van der Waals surface area contributed by atoms with Gasteiger partial charge in [-0.25, -0.2) is 0 Å². The maximum absolute atomic E-state index is 13.4. The van der Waals surface area contributed by atoms with E-state index >= 15 is 0 Å². The Kier molecular flexibility index (Phi) is 5.41. The number of ether oxygens (including phenoxy) is 2. The van der Waals surface area contributed by atoms with Crippen molar-refractivity contribution in [2.24, 2.45) is 0 Å². The molecule has 0 bridgehead atoms. The molecule has 0 unspecified atom stereocenters. The highest BCUT2D eigenvalue weighted by Gasteiger charge is 2.47. The summed E-state index contributed by atoms with van der Waals surface area (Å²) >= 11 is 0. The van der Waals surface area contributed by atoms with Crippen LogP contribution in [0.5, 0.6) is 11.5 Å². The predicted octanol–water partition coefficient (Wildman–Crippen LogP) is 3.14. The zero-order valence-electron chi connectivity index (χ0n) is 18.8. The van der Waals surface area contributed by atoms with Gasteiger partial charge >= 0.3 is 0 Å². The molecule has 34 heavy (non-hydrogen) atoms. The maximum Gasteiger partial charge on any atom is 0.260 e. The second-order valence-electron chi connectivity index (χ2n) is 8.05. The maximum atomic E-state index is 13.4. The molecule has 0 saturated heterocycles. The van der Waals surface area contributed by atoms with Crippen LogP contribution in [0.25, 0.3) is 0 Å². The van der Waals surface area contributed by atoms with E-state index in [1.165, 1.54) is 4.90 Å². The first kappa shape index (κ1) is 21.5. The van der Waals surface area contributed by atoms with Crippen LogP contribution in [-0.2, 0) is 11.3 Å². The number of nitrogens with one attached hydrogen (secondary N) is 1. The molecule has 0 aliphatic carbocycles. The molecular formula is C26H23N3O5. The number of hydrogen-bond acceptors (Lipinski definition) is 5. The van der Waals surface area contributed by atoms with E-state index < -0.39 is 6.17 Å². The molecule has 0 saturated carbocycles. The largest absolute Gasteiger partial charge is 0.493 e. The van der Waals surface area contributed by atoms with Crippen molar-refractivity contribution in [1.82, 2.24) is 10.2 Å². The molecule has 0 fully saturated rings. The van der Waals surface area contributed by atoms with Crippen molar-refractivity contribution in [3.05, 3.63) is 89.0 Å². The number of amides is 3. The molecule has 5 rings (SSSR count). The number of fused-ring (bicyclic) bond motifs is 5. The zero-order chi connectivity index (χ0) is 23.8. The summed E-state index contributed by atoms with van der Waals surface area (Å²) in [5.74, 6) is 0.354. The second kappa shape index (κ2) is 8.55. The van der Waals surface area contributed by atoms with Crippen molar-refractivity contribution in [2.45, 2.75) is 12.7 Å². The molecule has 3 aromatic carbocycles. The summed E-state index contributed by atoms with van der Waals surface area (Å²) in [7, 11) is 3.11. The molecule has 1 N–H and O–H groups in total. The van der Waals surface area contributed by atoms with E-state index in [-0.39, 0.29) is 30.8 Å². The van der Waals surface area contributed by atoms with Crippen LogP contribution in [0.2, 0.25) is 0 Å². The molecule has 172 valence electrons. The van der Waals surface area contributed by atoms with Gasteiger partial charge in [-0.3, -0.25) is 19.3 Å².